The number of imide groups is 2. The minimum absolute atomic E-state index is 0.0858. The molecule has 9 nitrogen and oxygen atoms in total. The van der Waals surface area contributed by atoms with Gasteiger partial charge in [0.25, 0.3) is 11.8 Å². The maximum atomic E-state index is 14.5. The molecule has 2 N–H and O–H groups in total. The number of phenolic OH excluding ortho intramolecular Hbond substituents is 2. The molecule has 6 atom stereocenters. The highest BCUT2D eigenvalue weighted by molar-refractivity contribution is 6.58. The molecule has 4 amide bonds. The Kier molecular flexibility index (Phi) is 7.79. The first-order valence-electron chi connectivity index (χ1n) is 15.7. The summed E-state index contributed by atoms with van der Waals surface area (Å²) < 4.78 is 19.5. The Morgan fingerprint density at radius 3 is 2.31 bits per heavy atom. The molecular weight excluding hydrogens is 662 g/mol. The third kappa shape index (κ3) is 4.63. The van der Waals surface area contributed by atoms with Gasteiger partial charge in [-0.25, -0.2) is 9.29 Å². The average molecular weight is 694 g/mol. The highest BCUT2D eigenvalue weighted by Crippen LogP contribution is 2.66. The number of halogens is 3. The van der Waals surface area contributed by atoms with Crippen molar-refractivity contribution in [3.8, 4) is 17.2 Å². The number of likely N-dealkylation sites (tertiary alicyclic amines) is 1. The molecule has 2 heterocycles. The van der Waals surface area contributed by atoms with Gasteiger partial charge in [-0.15, -0.1) is 23.2 Å². The summed E-state index contributed by atoms with van der Waals surface area (Å²) in [5.74, 6) is -6.17. The first-order valence-corrected chi connectivity index (χ1v) is 16.5. The van der Waals surface area contributed by atoms with Gasteiger partial charge >= 0.3 is 0 Å². The molecule has 7 rings (SSSR count). The molecule has 0 radical (unpaired) electrons. The van der Waals surface area contributed by atoms with Crippen molar-refractivity contribution in [1.82, 2.24) is 4.90 Å². The van der Waals surface area contributed by atoms with Gasteiger partial charge in [-0.3, -0.25) is 24.1 Å². The summed E-state index contributed by atoms with van der Waals surface area (Å²) in [5, 5.41) is 20.1. The average Bonchev–Trinajstić information content (AvgIpc) is 3.40. The zero-order valence-corrected chi connectivity index (χ0v) is 27.2. The van der Waals surface area contributed by atoms with E-state index in [1.54, 1.807) is 31.2 Å². The largest absolute Gasteiger partial charge is 0.508 e. The lowest BCUT2D eigenvalue weighted by Crippen LogP contribution is -2.60. The van der Waals surface area contributed by atoms with Gasteiger partial charge in [-0.05, 0) is 91.8 Å². The molecule has 3 aromatic rings. The van der Waals surface area contributed by atoms with E-state index in [-0.39, 0.29) is 54.8 Å². The quantitative estimate of drug-likeness (QED) is 0.192. The van der Waals surface area contributed by atoms with Crippen LogP contribution in [-0.4, -0.2) is 61.6 Å². The van der Waals surface area contributed by atoms with Crippen LogP contribution in [0.2, 0.25) is 0 Å². The lowest BCUT2D eigenvalue weighted by atomic mass is 9.56. The number of nitrogens with zero attached hydrogens (tertiary/aromatic N) is 2. The van der Waals surface area contributed by atoms with Crippen LogP contribution in [0, 0.1) is 23.6 Å². The van der Waals surface area contributed by atoms with Crippen molar-refractivity contribution >= 4 is 52.5 Å². The van der Waals surface area contributed by atoms with Gasteiger partial charge < -0.3 is 14.9 Å². The number of carbonyl (C=O) groups excluding carboxylic acids is 4. The standard InChI is InChI=1S/C36H31Cl2FN2O7/c1-2-48-28-17-20(5-14-27(28)43)30-24-12-13-25-29(32(45)40(31(25)44)16-15-19-3-10-23(42)11-4-19)26(24)18-35(37)33(46)41(34(47)36(30,35)38)22-8-6-21(39)7-9-22/h3-12,14,17,25-26,29-30,42-43H,2,13,15-16,18H2,1H3. The number of rotatable bonds is 7. The summed E-state index contributed by atoms with van der Waals surface area (Å²) in [6.07, 6.45) is 2.21. The molecule has 4 aliphatic rings. The topological polar surface area (TPSA) is 124 Å². The van der Waals surface area contributed by atoms with Crippen molar-refractivity contribution in [1.29, 1.82) is 0 Å². The maximum Gasteiger partial charge on any atom is 0.258 e. The smallest absolute Gasteiger partial charge is 0.258 e. The number of amides is 4. The molecule has 248 valence electrons. The number of allylic oxidation sites excluding steroid dienone is 2. The molecule has 1 saturated carbocycles. The van der Waals surface area contributed by atoms with Crippen molar-refractivity contribution in [2.45, 2.75) is 41.9 Å². The molecule has 3 fully saturated rings. The van der Waals surface area contributed by atoms with E-state index in [0.717, 1.165) is 22.6 Å². The van der Waals surface area contributed by atoms with Crippen LogP contribution in [0.25, 0.3) is 0 Å². The lowest BCUT2D eigenvalue weighted by molar-refractivity contribution is -0.140. The van der Waals surface area contributed by atoms with Crippen LogP contribution in [0.5, 0.6) is 17.2 Å². The molecule has 0 aromatic heterocycles. The molecule has 2 saturated heterocycles. The van der Waals surface area contributed by atoms with Gasteiger partial charge in [0.05, 0.1) is 24.1 Å². The van der Waals surface area contributed by atoms with Gasteiger partial charge in [0.2, 0.25) is 11.8 Å². The molecular formula is C36H31Cl2FN2O7. The minimum atomic E-state index is -2.10. The number of hydrogen-bond acceptors (Lipinski definition) is 7. The van der Waals surface area contributed by atoms with Crippen LogP contribution in [0.1, 0.15) is 36.8 Å². The second kappa shape index (κ2) is 11.6. The summed E-state index contributed by atoms with van der Waals surface area (Å²) in [5.41, 5.74) is 1.94. The Morgan fingerprint density at radius 1 is 0.917 bits per heavy atom. The van der Waals surface area contributed by atoms with Crippen LogP contribution in [0.4, 0.5) is 10.1 Å². The van der Waals surface area contributed by atoms with Crippen LogP contribution >= 0.6 is 23.2 Å². The number of fused-ring (bicyclic) bond motifs is 4. The van der Waals surface area contributed by atoms with Crippen molar-refractivity contribution in [2.24, 2.45) is 17.8 Å². The minimum Gasteiger partial charge on any atom is -0.508 e. The van der Waals surface area contributed by atoms with Crippen LogP contribution in [0.15, 0.2) is 78.4 Å². The molecule has 2 aliphatic heterocycles. The van der Waals surface area contributed by atoms with E-state index < -0.39 is 57.0 Å². The van der Waals surface area contributed by atoms with Gasteiger partial charge in [0.15, 0.2) is 21.2 Å². The van der Waals surface area contributed by atoms with E-state index in [0.29, 0.717) is 17.6 Å². The summed E-state index contributed by atoms with van der Waals surface area (Å²) in [6, 6.07) is 15.9. The van der Waals surface area contributed by atoms with E-state index in [1.807, 2.05) is 6.08 Å². The molecule has 48 heavy (non-hydrogen) atoms. The Labute approximate surface area is 285 Å². The summed E-state index contributed by atoms with van der Waals surface area (Å²) in [6.45, 7) is 2.10. The second-order valence-corrected chi connectivity index (χ2v) is 13.9. The first kappa shape index (κ1) is 32.2. The van der Waals surface area contributed by atoms with Crippen LogP contribution in [0.3, 0.4) is 0 Å². The fourth-order valence-corrected chi connectivity index (χ4v) is 8.88. The summed E-state index contributed by atoms with van der Waals surface area (Å²) in [4.78, 5) is 54.7. The fraction of sp³-hybridized carbons (Fsp3) is 0.333. The number of benzene rings is 3. The Bertz CT molecular complexity index is 1880. The van der Waals surface area contributed by atoms with Crippen molar-refractivity contribution in [3.05, 3.63) is 95.3 Å². The van der Waals surface area contributed by atoms with Crippen LogP contribution in [-0.2, 0) is 25.6 Å². The zero-order chi connectivity index (χ0) is 34.1. The third-order valence-electron chi connectivity index (χ3n) is 10.2. The van der Waals surface area contributed by atoms with Gasteiger partial charge in [-0.1, -0.05) is 29.8 Å². The number of aromatic hydroxyl groups is 2. The number of phenols is 2. The van der Waals surface area contributed by atoms with E-state index in [9.17, 15) is 33.8 Å². The van der Waals surface area contributed by atoms with Crippen molar-refractivity contribution in [3.63, 3.8) is 0 Å². The van der Waals surface area contributed by atoms with E-state index >= 15 is 0 Å². The van der Waals surface area contributed by atoms with Gasteiger partial charge in [-0.2, -0.15) is 0 Å². The van der Waals surface area contributed by atoms with Crippen molar-refractivity contribution in [2.75, 3.05) is 18.1 Å². The number of ether oxygens (including phenoxy) is 1. The molecule has 3 aromatic carbocycles. The molecule has 12 heteroatoms. The first-order chi connectivity index (χ1) is 22.9. The highest BCUT2D eigenvalue weighted by atomic mass is 35.5. The monoisotopic (exact) mass is 692 g/mol. The third-order valence-corrected chi connectivity index (χ3v) is 11.6. The predicted molar refractivity (Wildman–Crippen MR) is 174 cm³/mol. The van der Waals surface area contributed by atoms with Crippen LogP contribution < -0.4 is 9.64 Å². The molecule has 2 aliphatic carbocycles. The number of anilines is 1. The SMILES string of the molecule is CCOc1cc(C2C3=CCC4C(=O)N(CCc5ccc(O)cc5)C(=O)C4C3CC3(Cl)C(=O)N(c4ccc(F)cc4)C(=O)C23Cl)ccc1O. The van der Waals surface area contributed by atoms with E-state index in [4.69, 9.17) is 27.9 Å². The van der Waals surface area contributed by atoms with Crippen molar-refractivity contribution < 1.29 is 38.5 Å². The van der Waals surface area contributed by atoms with E-state index in [1.165, 1.54) is 35.2 Å². The molecule has 0 spiro atoms. The van der Waals surface area contributed by atoms with Gasteiger partial charge in [0, 0.05) is 12.5 Å². The normalized spacial score (nSPS) is 29.5. The molecule has 0 bridgehead atoms. The summed E-state index contributed by atoms with van der Waals surface area (Å²) in [7, 11) is 0. The van der Waals surface area contributed by atoms with E-state index in [2.05, 4.69) is 0 Å². The second-order valence-electron chi connectivity index (χ2n) is 12.7. The van der Waals surface area contributed by atoms with Gasteiger partial charge in [0.1, 0.15) is 11.6 Å². The number of carbonyl (C=O) groups is 4. The summed E-state index contributed by atoms with van der Waals surface area (Å²) >= 11 is 14.8. The highest BCUT2D eigenvalue weighted by Gasteiger charge is 2.76. The Balaban J connectivity index is 1.32. The number of alkyl halides is 2. The predicted octanol–water partition coefficient (Wildman–Crippen LogP) is 5.44. The fourth-order valence-electron chi connectivity index (χ4n) is 7.94. The Morgan fingerprint density at radius 2 is 1.62 bits per heavy atom. The Hall–Kier alpha value is -4.41. The molecule has 6 unspecified atom stereocenters. The zero-order valence-electron chi connectivity index (χ0n) is 25.7. The maximum absolute atomic E-state index is 14.5. The lowest BCUT2D eigenvalue weighted by Gasteiger charge is -2.50. The number of hydrogen-bond donors (Lipinski definition) is 2.